The molecule has 0 saturated carbocycles. The van der Waals surface area contributed by atoms with E-state index >= 15 is 0 Å². The summed E-state index contributed by atoms with van der Waals surface area (Å²) >= 11 is 0. The van der Waals surface area contributed by atoms with E-state index in [0.717, 1.165) is 5.56 Å². The van der Waals surface area contributed by atoms with Gasteiger partial charge in [-0.15, -0.1) is 0 Å². The van der Waals surface area contributed by atoms with E-state index in [1.54, 1.807) is 30.7 Å². The zero-order chi connectivity index (χ0) is 15.4. The summed E-state index contributed by atoms with van der Waals surface area (Å²) in [5.74, 6) is -0.983. The van der Waals surface area contributed by atoms with Crippen LogP contribution in [-0.2, 0) is 14.3 Å². The number of nitrogens with zero attached hydrogens (tertiary/aromatic N) is 3. The molecule has 7 heteroatoms. The van der Waals surface area contributed by atoms with Crippen LogP contribution < -0.4 is 0 Å². The Hall–Kier alpha value is -3.09. The Morgan fingerprint density at radius 2 is 2.14 bits per heavy atom. The molecule has 0 unspecified atom stereocenters. The number of rotatable bonds is 4. The van der Waals surface area contributed by atoms with E-state index in [9.17, 15) is 9.59 Å². The first-order valence-electron chi connectivity index (χ1n) is 6.48. The lowest BCUT2D eigenvalue weighted by molar-refractivity contribution is -0.134. The molecule has 0 N–H and O–H groups in total. The van der Waals surface area contributed by atoms with E-state index in [1.807, 2.05) is 0 Å². The van der Waals surface area contributed by atoms with Gasteiger partial charge in [-0.05, 0) is 12.1 Å². The predicted octanol–water partition coefficient (Wildman–Crippen LogP) is 1.18. The first-order chi connectivity index (χ1) is 10.7. The van der Waals surface area contributed by atoms with Crippen LogP contribution in [0, 0.1) is 0 Å². The highest BCUT2D eigenvalue weighted by Crippen LogP contribution is 2.14. The Labute approximate surface area is 125 Å². The summed E-state index contributed by atoms with van der Waals surface area (Å²) in [5, 5.41) is 0. The minimum absolute atomic E-state index is 0.0121. The number of carbonyl (C=O) groups excluding carboxylic acids is 2. The highest BCUT2D eigenvalue weighted by Gasteiger charge is 2.16. The van der Waals surface area contributed by atoms with Crippen molar-refractivity contribution >= 4 is 11.9 Å². The largest absolute Gasteiger partial charge is 0.458 e. The molecule has 0 saturated heterocycles. The van der Waals surface area contributed by atoms with Gasteiger partial charge in [0.25, 0.3) is 0 Å². The lowest BCUT2D eigenvalue weighted by Crippen LogP contribution is -2.10. The predicted molar refractivity (Wildman–Crippen MR) is 74.6 cm³/mol. The van der Waals surface area contributed by atoms with Gasteiger partial charge < -0.3 is 9.47 Å². The van der Waals surface area contributed by atoms with Crippen molar-refractivity contribution in [3.8, 4) is 11.3 Å². The van der Waals surface area contributed by atoms with Crippen molar-refractivity contribution in [1.29, 1.82) is 0 Å². The molecular formula is C15H11N3O4. The number of cyclic esters (lactones) is 1. The molecule has 7 nitrogen and oxygen atoms in total. The number of ether oxygens (including phenoxy) is 2. The van der Waals surface area contributed by atoms with Crippen LogP contribution in [0.2, 0.25) is 0 Å². The molecule has 0 aromatic carbocycles. The quantitative estimate of drug-likeness (QED) is 0.782. The average molecular weight is 297 g/mol. The maximum atomic E-state index is 11.9. The van der Waals surface area contributed by atoms with E-state index < -0.39 is 11.9 Å². The molecule has 110 valence electrons. The van der Waals surface area contributed by atoms with Crippen LogP contribution in [-0.4, -0.2) is 40.1 Å². The number of aromatic nitrogens is 3. The summed E-state index contributed by atoms with van der Waals surface area (Å²) in [6.45, 7) is 0.170. The Balaban J connectivity index is 1.64. The van der Waals surface area contributed by atoms with Crippen LogP contribution >= 0.6 is 0 Å². The zero-order valence-corrected chi connectivity index (χ0v) is 11.4. The lowest BCUT2D eigenvalue weighted by Gasteiger charge is -2.05. The lowest BCUT2D eigenvalue weighted by atomic mass is 10.2. The van der Waals surface area contributed by atoms with Gasteiger partial charge in [0.1, 0.15) is 18.9 Å². The van der Waals surface area contributed by atoms with Crippen LogP contribution in [0.25, 0.3) is 11.3 Å². The van der Waals surface area contributed by atoms with Gasteiger partial charge in [0.2, 0.25) is 0 Å². The maximum absolute atomic E-state index is 11.9. The third kappa shape index (κ3) is 3.14. The van der Waals surface area contributed by atoms with Gasteiger partial charge in [0.05, 0.1) is 11.9 Å². The van der Waals surface area contributed by atoms with Gasteiger partial charge in [0, 0.05) is 35.8 Å². The Morgan fingerprint density at radius 3 is 2.77 bits per heavy atom. The van der Waals surface area contributed by atoms with E-state index in [4.69, 9.17) is 9.47 Å². The minimum atomic E-state index is -0.564. The molecule has 0 spiro atoms. The monoisotopic (exact) mass is 297 g/mol. The van der Waals surface area contributed by atoms with Crippen LogP contribution in [0.3, 0.4) is 0 Å². The maximum Gasteiger partial charge on any atom is 0.357 e. The van der Waals surface area contributed by atoms with Crippen molar-refractivity contribution in [3.63, 3.8) is 0 Å². The first-order valence-corrected chi connectivity index (χ1v) is 6.48. The molecular weight excluding hydrogens is 286 g/mol. The number of hydrogen-bond acceptors (Lipinski definition) is 7. The molecule has 0 radical (unpaired) electrons. The first kappa shape index (κ1) is 13.9. The third-order valence-corrected chi connectivity index (χ3v) is 2.94. The second-order valence-corrected chi connectivity index (χ2v) is 4.51. The van der Waals surface area contributed by atoms with Gasteiger partial charge in [-0.3, -0.25) is 9.97 Å². The Kier molecular flexibility index (Phi) is 3.86. The second-order valence-electron chi connectivity index (χ2n) is 4.51. The van der Waals surface area contributed by atoms with Gasteiger partial charge >= 0.3 is 11.9 Å². The van der Waals surface area contributed by atoms with E-state index in [-0.39, 0.29) is 18.9 Å². The number of hydrogen-bond donors (Lipinski definition) is 0. The summed E-state index contributed by atoms with van der Waals surface area (Å²) in [4.78, 5) is 34.9. The molecule has 2 aromatic rings. The fourth-order valence-corrected chi connectivity index (χ4v) is 1.84. The molecule has 0 aliphatic carbocycles. The average Bonchev–Trinajstić information content (AvgIpc) is 2.99. The molecule has 0 atom stereocenters. The fraction of sp³-hybridized carbons (Fsp3) is 0.133. The highest BCUT2D eigenvalue weighted by molar-refractivity contribution is 5.88. The van der Waals surface area contributed by atoms with Crippen LogP contribution in [0.5, 0.6) is 0 Å². The number of esters is 2. The molecule has 0 amide bonds. The fourth-order valence-electron chi connectivity index (χ4n) is 1.84. The van der Waals surface area contributed by atoms with E-state index in [1.165, 1.54) is 12.3 Å². The van der Waals surface area contributed by atoms with Crippen molar-refractivity contribution in [1.82, 2.24) is 15.0 Å². The molecule has 1 aliphatic heterocycles. The molecule has 2 aromatic heterocycles. The normalized spacial score (nSPS) is 13.5. The summed E-state index contributed by atoms with van der Waals surface area (Å²) in [5.41, 5.74) is 2.22. The standard InChI is InChI=1S/C15H11N3O4/c19-14-5-10(8-21-14)9-22-15(20)12-2-1-11(6-18-12)13-7-16-3-4-17-13/h1-7H,8-9H2. The van der Waals surface area contributed by atoms with Crippen molar-refractivity contribution in [2.45, 2.75) is 0 Å². The van der Waals surface area contributed by atoms with Crippen LogP contribution in [0.4, 0.5) is 0 Å². The highest BCUT2D eigenvalue weighted by atomic mass is 16.5. The number of pyridine rings is 1. The van der Waals surface area contributed by atoms with Crippen LogP contribution in [0.15, 0.2) is 48.6 Å². The van der Waals surface area contributed by atoms with E-state index in [2.05, 4.69) is 15.0 Å². The summed E-state index contributed by atoms with van der Waals surface area (Å²) in [6, 6.07) is 3.27. The second kappa shape index (κ2) is 6.13. The topological polar surface area (TPSA) is 91.3 Å². The molecule has 3 rings (SSSR count). The summed E-state index contributed by atoms with van der Waals surface area (Å²) in [6.07, 6.45) is 7.61. The Bertz CT molecular complexity index is 726. The summed E-state index contributed by atoms with van der Waals surface area (Å²) in [7, 11) is 0. The molecule has 22 heavy (non-hydrogen) atoms. The number of carbonyl (C=O) groups is 2. The third-order valence-electron chi connectivity index (χ3n) is 2.94. The van der Waals surface area contributed by atoms with E-state index in [0.29, 0.717) is 11.3 Å². The van der Waals surface area contributed by atoms with Crippen molar-refractivity contribution < 1.29 is 19.1 Å². The smallest absolute Gasteiger partial charge is 0.357 e. The minimum Gasteiger partial charge on any atom is -0.458 e. The van der Waals surface area contributed by atoms with Gasteiger partial charge in [0.15, 0.2) is 0 Å². The molecule has 0 fully saturated rings. The molecule has 1 aliphatic rings. The van der Waals surface area contributed by atoms with Gasteiger partial charge in [-0.2, -0.15) is 0 Å². The van der Waals surface area contributed by atoms with Crippen LogP contribution in [0.1, 0.15) is 10.5 Å². The Morgan fingerprint density at radius 1 is 1.23 bits per heavy atom. The molecule has 3 heterocycles. The zero-order valence-electron chi connectivity index (χ0n) is 11.4. The summed E-state index contributed by atoms with van der Waals surface area (Å²) < 4.78 is 9.79. The van der Waals surface area contributed by atoms with Gasteiger partial charge in [-0.1, -0.05) is 0 Å². The van der Waals surface area contributed by atoms with Crippen molar-refractivity contribution in [2.24, 2.45) is 0 Å². The van der Waals surface area contributed by atoms with Gasteiger partial charge in [-0.25, -0.2) is 14.6 Å². The van der Waals surface area contributed by atoms with Crippen molar-refractivity contribution in [3.05, 3.63) is 54.3 Å². The SMILES string of the molecule is O=C1C=C(COC(=O)c2ccc(-c3cnccn3)cn2)CO1. The van der Waals surface area contributed by atoms with Crippen molar-refractivity contribution in [2.75, 3.05) is 13.2 Å². The molecule has 0 bridgehead atoms.